The first-order valence-corrected chi connectivity index (χ1v) is 6.37. The molecular weight excluding hydrogens is 264 g/mol. The van der Waals surface area contributed by atoms with Gasteiger partial charge in [-0.05, 0) is 30.7 Å². The van der Waals surface area contributed by atoms with Crippen LogP contribution >= 0.6 is 15.9 Å². The third-order valence-electron chi connectivity index (χ3n) is 2.81. The summed E-state index contributed by atoms with van der Waals surface area (Å²) in [5, 5.41) is 4.74. The molecule has 16 heavy (non-hydrogen) atoms. The van der Waals surface area contributed by atoms with Crippen molar-refractivity contribution in [2.45, 2.75) is 33.4 Å². The van der Waals surface area contributed by atoms with E-state index in [1.807, 2.05) is 0 Å². The summed E-state index contributed by atoms with van der Waals surface area (Å²) in [5.41, 5.74) is 3.83. The fraction of sp³-hybridized carbons (Fsp3) is 0.385. The number of rotatable bonds is 3. The molecule has 1 aromatic heterocycles. The average molecular weight is 281 g/mol. The molecule has 2 rings (SSSR count). The largest absolute Gasteiger partial charge is 0.357 e. The van der Waals surface area contributed by atoms with Crippen molar-refractivity contribution in [3.8, 4) is 0 Å². The molecule has 0 unspecified atom stereocenters. The Hall–Kier alpha value is -0.800. The molecule has 0 atom stereocenters. The molecule has 0 fully saturated rings. The van der Waals surface area contributed by atoms with Crippen molar-refractivity contribution in [1.29, 1.82) is 0 Å². The number of hydrogen-bond acceptors (Lipinski definition) is 1. The number of halogens is 1. The third-order valence-corrected chi connectivity index (χ3v) is 3.30. The van der Waals surface area contributed by atoms with Gasteiger partial charge in [0, 0.05) is 33.7 Å². The Labute approximate surface area is 105 Å². The Morgan fingerprint density at radius 1 is 1.38 bits per heavy atom. The van der Waals surface area contributed by atoms with Crippen molar-refractivity contribution < 1.29 is 0 Å². The Morgan fingerprint density at radius 3 is 2.81 bits per heavy atom. The molecule has 0 saturated carbocycles. The first-order valence-electron chi connectivity index (χ1n) is 5.58. The van der Waals surface area contributed by atoms with E-state index in [1.54, 1.807) is 0 Å². The molecule has 0 saturated heterocycles. The Kier molecular flexibility index (Phi) is 3.36. The maximum Gasteiger partial charge on any atom is 0.0460 e. The molecule has 0 aliphatic rings. The van der Waals surface area contributed by atoms with Gasteiger partial charge in [0.15, 0.2) is 0 Å². The van der Waals surface area contributed by atoms with Crippen LogP contribution in [0.25, 0.3) is 10.9 Å². The SMILES string of the molecule is Cc1c(CNC(C)C)[nH]c2ccc(Br)cc12. The zero-order valence-corrected chi connectivity index (χ0v) is 11.5. The quantitative estimate of drug-likeness (QED) is 0.881. The highest BCUT2D eigenvalue weighted by Gasteiger charge is 2.07. The average Bonchev–Trinajstić information content (AvgIpc) is 2.53. The maximum atomic E-state index is 3.51. The van der Waals surface area contributed by atoms with E-state index in [0.29, 0.717) is 6.04 Å². The van der Waals surface area contributed by atoms with E-state index in [2.05, 4.69) is 65.2 Å². The lowest BCUT2D eigenvalue weighted by atomic mass is 10.1. The molecular formula is C13H17BrN2. The fourth-order valence-electron chi connectivity index (χ4n) is 1.84. The Morgan fingerprint density at radius 2 is 2.12 bits per heavy atom. The molecule has 3 heteroatoms. The highest BCUT2D eigenvalue weighted by Crippen LogP contribution is 2.25. The van der Waals surface area contributed by atoms with Gasteiger partial charge in [-0.2, -0.15) is 0 Å². The highest BCUT2D eigenvalue weighted by atomic mass is 79.9. The van der Waals surface area contributed by atoms with Gasteiger partial charge < -0.3 is 10.3 Å². The minimum atomic E-state index is 0.512. The molecule has 1 aromatic carbocycles. The molecule has 2 nitrogen and oxygen atoms in total. The van der Waals surface area contributed by atoms with E-state index >= 15 is 0 Å². The number of fused-ring (bicyclic) bond motifs is 1. The van der Waals surface area contributed by atoms with Crippen LogP contribution in [0.4, 0.5) is 0 Å². The summed E-state index contributed by atoms with van der Waals surface area (Å²) in [7, 11) is 0. The smallest absolute Gasteiger partial charge is 0.0460 e. The van der Waals surface area contributed by atoms with E-state index in [0.717, 1.165) is 11.0 Å². The highest BCUT2D eigenvalue weighted by molar-refractivity contribution is 9.10. The van der Waals surface area contributed by atoms with Crippen LogP contribution in [0.5, 0.6) is 0 Å². The number of nitrogens with one attached hydrogen (secondary N) is 2. The number of aromatic nitrogens is 1. The second-order valence-electron chi connectivity index (χ2n) is 4.45. The van der Waals surface area contributed by atoms with Gasteiger partial charge in [-0.15, -0.1) is 0 Å². The number of aryl methyl sites for hydroxylation is 1. The molecule has 1 heterocycles. The van der Waals surface area contributed by atoms with Gasteiger partial charge in [0.2, 0.25) is 0 Å². The second-order valence-corrected chi connectivity index (χ2v) is 5.37. The van der Waals surface area contributed by atoms with Gasteiger partial charge >= 0.3 is 0 Å². The Bertz CT molecular complexity index is 500. The summed E-state index contributed by atoms with van der Waals surface area (Å²) >= 11 is 3.51. The molecule has 0 bridgehead atoms. The molecule has 0 aliphatic heterocycles. The van der Waals surface area contributed by atoms with Crippen molar-refractivity contribution in [2.75, 3.05) is 0 Å². The molecule has 2 aromatic rings. The van der Waals surface area contributed by atoms with E-state index < -0.39 is 0 Å². The lowest BCUT2D eigenvalue weighted by Crippen LogP contribution is -2.22. The van der Waals surface area contributed by atoms with Gasteiger partial charge in [0.1, 0.15) is 0 Å². The molecule has 86 valence electrons. The fourth-order valence-corrected chi connectivity index (χ4v) is 2.20. The summed E-state index contributed by atoms with van der Waals surface area (Å²) in [6.07, 6.45) is 0. The first-order chi connectivity index (χ1) is 7.58. The van der Waals surface area contributed by atoms with Crippen LogP contribution in [0, 0.1) is 6.92 Å². The van der Waals surface area contributed by atoms with Gasteiger partial charge in [-0.1, -0.05) is 29.8 Å². The van der Waals surface area contributed by atoms with Crippen LogP contribution in [-0.2, 0) is 6.54 Å². The number of H-pyrrole nitrogens is 1. The summed E-state index contributed by atoms with van der Waals surface area (Å²) in [4.78, 5) is 3.46. The van der Waals surface area contributed by atoms with Crippen molar-refractivity contribution in [1.82, 2.24) is 10.3 Å². The van der Waals surface area contributed by atoms with Crippen molar-refractivity contribution in [3.05, 3.63) is 33.9 Å². The van der Waals surface area contributed by atoms with Crippen molar-refractivity contribution in [2.24, 2.45) is 0 Å². The number of aromatic amines is 1. The van der Waals surface area contributed by atoms with Crippen LogP contribution in [0.2, 0.25) is 0 Å². The molecule has 0 radical (unpaired) electrons. The minimum Gasteiger partial charge on any atom is -0.357 e. The van der Waals surface area contributed by atoms with E-state index in [1.165, 1.54) is 22.2 Å². The van der Waals surface area contributed by atoms with Gasteiger partial charge in [0.25, 0.3) is 0 Å². The predicted molar refractivity (Wildman–Crippen MR) is 72.7 cm³/mol. The second kappa shape index (κ2) is 4.60. The monoisotopic (exact) mass is 280 g/mol. The normalized spacial score (nSPS) is 11.6. The molecule has 0 aliphatic carbocycles. The standard InChI is InChI=1S/C13H17BrN2/c1-8(2)15-7-13-9(3)11-6-10(14)4-5-12(11)16-13/h4-6,8,15-16H,7H2,1-3H3. The predicted octanol–water partition coefficient (Wildman–Crippen LogP) is 3.74. The Balaban J connectivity index is 2.36. The maximum absolute atomic E-state index is 3.51. The van der Waals surface area contributed by atoms with Crippen LogP contribution in [0.1, 0.15) is 25.1 Å². The van der Waals surface area contributed by atoms with Gasteiger partial charge in [-0.3, -0.25) is 0 Å². The zero-order chi connectivity index (χ0) is 11.7. The minimum absolute atomic E-state index is 0.512. The molecule has 0 spiro atoms. The molecule has 0 amide bonds. The van der Waals surface area contributed by atoms with Crippen LogP contribution in [0.15, 0.2) is 22.7 Å². The molecule has 2 N–H and O–H groups in total. The van der Waals surface area contributed by atoms with Crippen LogP contribution in [-0.4, -0.2) is 11.0 Å². The zero-order valence-electron chi connectivity index (χ0n) is 9.89. The van der Waals surface area contributed by atoms with Crippen molar-refractivity contribution >= 4 is 26.8 Å². The summed E-state index contributed by atoms with van der Waals surface area (Å²) in [6, 6.07) is 6.86. The van der Waals surface area contributed by atoms with Gasteiger partial charge in [0.05, 0.1) is 0 Å². The lowest BCUT2D eigenvalue weighted by Gasteiger charge is -2.07. The first kappa shape index (κ1) is 11.7. The van der Waals surface area contributed by atoms with E-state index in [-0.39, 0.29) is 0 Å². The summed E-state index contributed by atoms with van der Waals surface area (Å²) in [6.45, 7) is 7.39. The van der Waals surface area contributed by atoms with Gasteiger partial charge in [-0.25, -0.2) is 0 Å². The summed E-state index contributed by atoms with van der Waals surface area (Å²) < 4.78 is 1.13. The van der Waals surface area contributed by atoms with Crippen molar-refractivity contribution in [3.63, 3.8) is 0 Å². The van der Waals surface area contributed by atoms with E-state index in [9.17, 15) is 0 Å². The lowest BCUT2D eigenvalue weighted by molar-refractivity contribution is 0.582. The topological polar surface area (TPSA) is 27.8 Å². The number of benzene rings is 1. The van der Waals surface area contributed by atoms with Crippen LogP contribution in [0.3, 0.4) is 0 Å². The number of hydrogen-bond donors (Lipinski definition) is 2. The third kappa shape index (κ3) is 2.30. The van der Waals surface area contributed by atoms with E-state index in [4.69, 9.17) is 0 Å². The van der Waals surface area contributed by atoms with Crippen LogP contribution < -0.4 is 5.32 Å². The summed E-state index contributed by atoms with van der Waals surface area (Å²) in [5.74, 6) is 0.